The van der Waals surface area contributed by atoms with E-state index < -0.39 is 21.9 Å². The molecule has 1 unspecified atom stereocenters. The van der Waals surface area contributed by atoms with Gasteiger partial charge in [-0.1, -0.05) is 19.1 Å². The minimum atomic E-state index is -3.62. The molecule has 0 saturated carbocycles. The summed E-state index contributed by atoms with van der Waals surface area (Å²) in [6.07, 6.45) is 0. The van der Waals surface area contributed by atoms with Gasteiger partial charge in [-0.2, -0.15) is 4.31 Å². The fourth-order valence-electron chi connectivity index (χ4n) is 2.15. The van der Waals surface area contributed by atoms with Crippen LogP contribution in [0.4, 0.5) is 0 Å². The largest absolute Gasteiger partial charge is 0.495 e. The summed E-state index contributed by atoms with van der Waals surface area (Å²) in [7, 11) is -2.21. The smallest absolute Gasteiger partial charge is 0.306 e. The first-order chi connectivity index (χ1) is 9.37. The Morgan fingerprint density at radius 2 is 2.00 bits per heavy atom. The number of hydrogen-bond acceptors (Lipinski definition) is 4. The van der Waals surface area contributed by atoms with Gasteiger partial charge < -0.3 is 9.84 Å². The van der Waals surface area contributed by atoms with E-state index in [1.165, 1.54) is 17.5 Å². The van der Waals surface area contributed by atoms with Crippen molar-refractivity contribution >= 4 is 16.0 Å². The SMILES string of the molecule is COc1ccccc1S(=O)(=O)N1CC(C(C)C(=O)O)C1. The number of rotatable bonds is 5. The number of carboxylic acid groups (broad SMARTS) is 1. The summed E-state index contributed by atoms with van der Waals surface area (Å²) >= 11 is 0. The van der Waals surface area contributed by atoms with Gasteiger partial charge in [0.25, 0.3) is 0 Å². The first kappa shape index (κ1) is 14.8. The van der Waals surface area contributed by atoms with Crippen molar-refractivity contribution in [3.63, 3.8) is 0 Å². The lowest BCUT2D eigenvalue weighted by molar-refractivity contribution is -0.144. The van der Waals surface area contributed by atoms with E-state index in [1.54, 1.807) is 25.1 Å². The third kappa shape index (κ3) is 2.51. The zero-order chi connectivity index (χ0) is 14.9. The lowest BCUT2D eigenvalue weighted by Crippen LogP contribution is -2.53. The Hall–Kier alpha value is -1.60. The van der Waals surface area contributed by atoms with Gasteiger partial charge in [0.2, 0.25) is 10.0 Å². The topological polar surface area (TPSA) is 83.9 Å². The molecule has 110 valence electrons. The first-order valence-corrected chi connectivity index (χ1v) is 7.68. The summed E-state index contributed by atoms with van der Waals surface area (Å²) in [5.41, 5.74) is 0. The van der Waals surface area contributed by atoms with Crippen LogP contribution < -0.4 is 4.74 Å². The van der Waals surface area contributed by atoms with Crippen LogP contribution in [0.5, 0.6) is 5.75 Å². The van der Waals surface area contributed by atoms with Gasteiger partial charge in [0.1, 0.15) is 10.6 Å². The number of ether oxygens (including phenoxy) is 1. The minimum absolute atomic E-state index is 0.115. The van der Waals surface area contributed by atoms with Gasteiger partial charge in [-0.15, -0.1) is 0 Å². The van der Waals surface area contributed by atoms with Crippen LogP contribution in [-0.4, -0.2) is 44.0 Å². The second-order valence-corrected chi connectivity index (χ2v) is 6.77. The highest BCUT2D eigenvalue weighted by atomic mass is 32.2. The average molecular weight is 299 g/mol. The zero-order valence-corrected chi connectivity index (χ0v) is 12.1. The highest BCUT2D eigenvalue weighted by Gasteiger charge is 2.42. The third-order valence-electron chi connectivity index (χ3n) is 3.66. The number of hydrogen-bond donors (Lipinski definition) is 1. The molecule has 1 atom stereocenters. The van der Waals surface area contributed by atoms with Gasteiger partial charge in [-0.25, -0.2) is 8.42 Å². The Balaban J connectivity index is 2.16. The number of benzene rings is 1. The Labute approximate surface area is 118 Å². The van der Waals surface area contributed by atoms with Crippen molar-refractivity contribution < 1.29 is 23.1 Å². The van der Waals surface area contributed by atoms with Gasteiger partial charge in [-0.05, 0) is 18.1 Å². The molecule has 1 aromatic rings. The normalized spacial score (nSPS) is 18.3. The van der Waals surface area contributed by atoms with Gasteiger partial charge in [0.15, 0.2) is 0 Å². The predicted octanol–water partition coefficient (Wildman–Crippen LogP) is 1.04. The Morgan fingerprint density at radius 1 is 1.40 bits per heavy atom. The van der Waals surface area contributed by atoms with Crippen LogP contribution in [-0.2, 0) is 14.8 Å². The van der Waals surface area contributed by atoms with E-state index >= 15 is 0 Å². The summed E-state index contributed by atoms with van der Waals surface area (Å²) in [6, 6.07) is 6.40. The van der Waals surface area contributed by atoms with Crippen molar-refractivity contribution in [3.05, 3.63) is 24.3 Å². The molecule has 2 rings (SSSR count). The lowest BCUT2D eigenvalue weighted by atomic mass is 9.89. The molecule has 0 radical (unpaired) electrons. The van der Waals surface area contributed by atoms with E-state index in [1.807, 2.05) is 0 Å². The van der Waals surface area contributed by atoms with Gasteiger partial charge in [0, 0.05) is 13.1 Å². The van der Waals surface area contributed by atoms with Crippen LogP contribution in [0.2, 0.25) is 0 Å². The highest BCUT2D eigenvalue weighted by molar-refractivity contribution is 7.89. The van der Waals surface area contributed by atoms with Crippen molar-refractivity contribution in [3.8, 4) is 5.75 Å². The zero-order valence-electron chi connectivity index (χ0n) is 11.3. The fourth-order valence-corrected chi connectivity index (χ4v) is 3.86. The first-order valence-electron chi connectivity index (χ1n) is 6.24. The summed E-state index contributed by atoms with van der Waals surface area (Å²) in [5.74, 6) is -1.29. The number of sulfonamides is 1. The molecule has 6 nitrogen and oxygen atoms in total. The minimum Gasteiger partial charge on any atom is -0.495 e. The molecular formula is C13H17NO5S. The van der Waals surface area contributed by atoms with E-state index in [0.29, 0.717) is 5.75 Å². The summed E-state index contributed by atoms with van der Waals surface area (Å²) < 4.78 is 31.2. The molecule has 1 fully saturated rings. The van der Waals surface area contributed by atoms with Crippen molar-refractivity contribution in [1.82, 2.24) is 4.31 Å². The van der Waals surface area contributed by atoms with Crippen LogP contribution in [0.3, 0.4) is 0 Å². The molecular weight excluding hydrogens is 282 g/mol. The number of methoxy groups -OCH3 is 1. The number of para-hydroxylation sites is 1. The summed E-state index contributed by atoms with van der Waals surface area (Å²) in [6.45, 7) is 2.06. The number of carbonyl (C=O) groups is 1. The molecule has 0 aliphatic carbocycles. The third-order valence-corrected chi connectivity index (χ3v) is 5.53. The van der Waals surface area contributed by atoms with Gasteiger partial charge in [-0.3, -0.25) is 4.79 Å². The molecule has 7 heteroatoms. The van der Waals surface area contributed by atoms with Crippen molar-refractivity contribution in [2.75, 3.05) is 20.2 Å². The Bertz CT molecular complexity index is 607. The van der Waals surface area contributed by atoms with Crippen LogP contribution in [0.15, 0.2) is 29.2 Å². The molecule has 1 saturated heterocycles. The Kier molecular flexibility index (Phi) is 4.01. The maximum atomic E-state index is 12.4. The van der Waals surface area contributed by atoms with Gasteiger partial charge in [0.05, 0.1) is 13.0 Å². The summed E-state index contributed by atoms with van der Waals surface area (Å²) in [4.78, 5) is 11.0. The standard InChI is InChI=1S/C13H17NO5S/c1-9(13(15)16)10-7-14(8-10)20(17,18)12-6-4-3-5-11(12)19-2/h3-6,9-10H,7-8H2,1-2H3,(H,15,16). The molecule has 0 spiro atoms. The molecule has 1 N–H and O–H groups in total. The molecule has 1 aliphatic heterocycles. The van der Waals surface area contributed by atoms with Crippen LogP contribution >= 0.6 is 0 Å². The Morgan fingerprint density at radius 3 is 2.55 bits per heavy atom. The molecule has 0 bridgehead atoms. The van der Waals surface area contributed by atoms with Crippen molar-refractivity contribution in [2.45, 2.75) is 11.8 Å². The molecule has 20 heavy (non-hydrogen) atoms. The average Bonchev–Trinajstić information content (AvgIpc) is 2.36. The number of aliphatic carboxylic acids is 1. The van der Waals surface area contributed by atoms with E-state index in [0.717, 1.165) is 0 Å². The second kappa shape index (κ2) is 5.41. The molecule has 1 aromatic carbocycles. The second-order valence-electron chi connectivity index (χ2n) is 4.86. The number of carboxylic acids is 1. The highest BCUT2D eigenvalue weighted by Crippen LogP contribution is 2.33. The monoisotopic (exact) mass is 299 g/mol. The van der Waals surface area contributed by atoms with E-state index in [2.05, 4.69) is 0 Å². The maximum absolute atomic E-state index is 12.4. The number of nitrogens with zero attached hydrogens (tertiary/aromatic N) is 1. The van der Waals surface area contributed by atoms with E-state index in [4.69, 9.17) is 9.84 Å². The van der Waals surface area contributed by atoms with Crippen LogP contribution in [0.1, 0.15) is 6.92 Å². The van der Waals surface area contributed by atoms with Crippen molar-refractivity contribution in [2.24, 2.45) is 11.8 Å². The maximum Gasteiger partial charge on any atom is 0.306 e. The van der Waals surface area contributed by atoms with Crippen molar-refractivity contribution in [1.29, 1.82) is 0 Å². The fraction of sp³-hybridized carbons (Fsp3) is 0.462. The lowest BCUT2D eigenvalue weighted by Gasteiger charge is -2.40. The molecule has 1 aliphatic rings. The summed E-state index contributed by atoms with van der Waals surface area (Å²) in [5, 5.41) is 8.92. The van der Waals surface area contributed by atoms with Crippen LogP contribution in [0, 0.1) is 11.8 Å². The van der Waals surface area contributed by atoms with E-state index in [-0.39, 0.29) is 23.9 Å². The van der Waals surface area contributed by atoms with E-state index in [9.17, 15) is 13.2 Å². The van der Waals surface area contributed by atoms with Crippen LogP contribution in [0.25, 0.3) is 0 Å². The van der Waals surface area contributed by atoms with Gasteiger partial charge >= 0.3 is 5.97 Å². The molecule has 1 heterocycles. The quantitative estimate of drug-likeness (QED) is 0.878. The molecule has 0 amide bonds. The molecule has 0 aromatic heterocycles. The predicted molar refractivity (Wildman–Crippen MR) is 72.0 cm³/mol.